The van der Waals surface area contributed by atoms with Crippen LogP contribution in [-0.4, -0.2) is 23.2 Å². The fourth-order valence-electron chi connectivity index (χ4n) is 1.65. The van der Waals surface area contributed by atoms with Crippen LogP contribution in [0.5, 0.6) is 0 Å². The number of aliphatic hydroxyl groups excluding tert-OH is 1. The van der Waals surface area contributed by atoms with Crippen LogP contribution in [0.2, 0.25) is 0 Å². The van der Waals surface area contributed by atoms with Crippen LogP contribution < -0.4 is 5.32 Å². The molecule has 0 aromatic carbocycles. The van der Waals surface area contributed by atoms with Gasteiger partial charge >= 0.3 is 0 Å². The summed E-state index contributed by atoms with van der Waals surface area (Å²) in [7, 11) is 0. The molecule has 14 heavy (non-hydrogen) atoms. The van der Waals surface area contributed by atoms with E-state index in [0.29, 0.717) is 19.3 Å². The number of hydrogen-bond acceptors (Lipinski definition) is 2. The Morgan fingerprint density at radius 1 is 1.71 bits per heavy atom. The molecule has 0 radical (unpaired) electrons. The first kappa shape index (κ1) is 11.2. The van der Waals surface area contributed by atoms with E-state index in [4.69, 9.17) is 0 Å². The van der Waals surface area contributed by atoms with Crippen molar-refractivity contribution in [3.63, 3.8) is 0 Å². The number of amides is 1. The van der Waals surface area contributed by atoms with E-state index >= 15 is 0 Å². The van der Waals surface area contributed by atoms with Gasteiger partial charge in [0.25, 0.3) is 0 Å². The molecule has 3 heteroatoms. The van der Waals surface area contributed by atoms with Crippen LogP contribution in [-0.2, 0) is 4.79 Å². The summed E-state index contributed by atoms with van der Waals surface area (Å²) in [5, 5.41) is 12.4. The van der Waals surface area contributed by atoms with Gasteiger partial charge in [-0.15, -0.1) is 6.58 Å². The zero-order valence-corrected chi connectivity index (χ0v) is 8.92. The summed E-state index contributed by atoms with van der Waals surface area (Å²) >= 11 is 0. The molecule has 1 aliphatic rings. The molecule has 1 fully saturated rings. The zero-order valence-electron chi connectivity index (χ0n) is 8.92. The standard InChI is InChI=1S/C11H19NO2/c1-4-5-6-10(14)12-8-7-9(13)11(8,2)3/h4,8-9,13H,1,5-7H2,2-3H3,(H,12,14). The third kappa shape index (κ3) is 2.15. The number of rotatable bonds is 4. The van der Waals surface area contributed by atoms with Gasteiger partial charge in [-0.1, -0.05) is 19.9 Å². The molecule has 0 heterocycles. The molecule has 0 aromatic rings. The highest BCUT2D eigenvalue weighted by Gasteiger charge is 2.47. The lowest BCUT2D eigenvalue weighted by Crippen LogP contribution is -2.61. The number of carbonyl (C=O) groups is 1. The van der Waals surface area contributed by atoms with Gasteiger partial charge in [0.05, 0.1) is 6.10 Å². The molecule has 0 spiro atoms. The smallest absolute Gasteiger partial charge is 0.220 e. The molecule has 0 aromatic heterocycles. The molecule has 2 N–H and O–H groups in total. The molecular weight excluding hydrogens is 178 g/mol. The van der Waals surface area contributed by atoms with Gasteiger partial charge in [0, 0.05) is 17.9 Å². The summed E-state index contributed by atoms with van der Waals surface area (Å²) in [5.41, 5.74) is -0.177. The Morgan fingerprint density at radius 2 is 2.36 bits per heavy atom. The van der Waals surface area contributed by atoms with E-state index in [1.54, 1.807) is 6.08 Å². The SMILES string of the molecule is C=CCCC(=O)NC1CC(O)C1(C)C. The van der Waals surface area contributed by atoms with Crippen LogP contribution in [0, 0.1) is 5.41 Å². The summed E-state index contributed by atoms with van der Waals surface area (Å²) in [6.07, 6.45) is 3.33. The maximum absolute atomic E-state index is 11.4. The summed E-state index contributed by atoms with van der Waals surface area (Å²) < 4.78 is 0. The van der Waals surface area contributed by atoms with Crippen molar-refractivity contribution in [3.05, 3.63) is 12.7 Å². The molecule has 0 bridgehead atoms. The molecule has 2 atom stereocenters. The molecule has 1 aliphatic carbocycles. The van der Waals surface area contributed by atoms with Gasteiger partial charge < -0.3 is 10.4 Å². The van der Waals surface area contributed by atoms with Crippen LogP contribution in [0.1, 0.15) is 33.1 Å². The summed E-state index contributed by atoms with van der Waals surface area (Å²) in [6.45, 7) is 7.51. The fraction of sp³-hybridized carbons (Fsp3) is 0.727. The van der Waals surface area contributed by atoms with Gasteiger partial charge in [-0.2, -0.15) is 0 Å². The first-order valence-electron chi connectivity index (χ1n) is 5.06. The third-order valence-corrected chi connectivity index (χ3v) is 3.13. The molecule has 1 amide bonds. The minimum absolute atomic E-state index is 0.0508. The highest BCUT2D eigenvalue weighted by atomic mass is 16.3. The maximum Gasteiger partial charge on any atom is 0.220 e. The van der Waals surface area contributed by atoms with Gasteiger partial charge in [-0.05, 0) is 12.8 Å². The summed E-state index contributed by atoms with van der Waals surface area (Å²) in [4.78, 5) is 11.4. The van der Waals surface area contributed by atoms with E-state index < -0.39 is 0 Å². The van der Waals surface area contributed by atoms with Crippen LogP contribution in [0.4, 0.5) is 0 Å². The second kappa shape index (κ2) is 4.13. The van der Waals surface area contributed by atoms with Crippen molar-refractivity contribution in [2.45, 2.75) is 45.3 Å². The van der Waals surface area contributed by atoms with E-state index in [2.05, 4.69) is 11.9 Å². The second-order valence-corrected chi connectivity index (χ2v) is 4.52. The molecule has 3 nitrogen and oxygen atoms in total. The number of aliphatic hydroxyl groups is 1. The average molecular weight is 197 g/mol. The number of allylic oxidation sites excluding steroid dienone is 1. The van der Waals surface area contributed by atoms with Crippen LogP contribution >= 0.6 is 0 Å². The topological polar surface area (TPSA) is 49.3 Å². The second-order valence-electron chi connectivity index (χ2n) is 4.52. The summed E-state index contributed by atoms with van der Waals surface area (Å²) in [5.74, 6) is 0.0508. The predicted octanol–water partition coefficient (Wildman–Crippen LogP) is 1.23. The van der Waals surface area contributed by atoms with E-state index in [-0.39, 0.29) is 23.5 Å². The van der Waals surface area contributed by atoms with E-state index in [0.717, 1.165) is 0 Å². The van der Waals surface area contributed by atoms with Crippen LogP contribution in [0.15, 0.2) is 12.7 Å². The largest absolute Gasteiger partial charge is 0.392 e. The van der Waals surface area contributed by atoms with Crippen molar-refractivity contribution in [1.82, 2.24) is 5.32 Å². The van der Waals surface area contributed by atoms with E-state index in [1.807, 2.05) is 13.8 Å². The number of hydrogen-bond donors (Lipinski definition) is 2. The first-order valence-corrected chi connectivity index (χ1v) is 5.06. The van der Waals surface area contributed by atoms with Gasteiger partial charge in [0.15, 0.2) is 0 Å². The first-order chi connectivity index (χ1) is 6.48. The molecule has 1 rings (SSSR count). The van der Waals surface area contributed by atoms with Crippen molar-refractivity contribution in [2.75, 3.05) is 0 Å². The predicted molar refractivity (Wildman–Crippen MR) is 55.8 cm³/mol. The highest BCUT2D eigenvalue weighted by molar-refractivity contribution is 5.76. The maximum atomic E-state index is 11.4. The Kier molecular flexibility index (Phi) is 3.32. The lowest BCUT2D eigenvalue weighted by molar-refractivity contribution is -0.129. The van der Waals surface area contributed by atoms with Crippen molar-refractivity contribution in [1.29, 1.82) is 0 Å². The van der Waals surface area contributed by atoms with Crippen molar-refractivity contribution < 1.29 is 9.90 Å². The van der Waals surface area contributed by atoms with Crippen molar-refractivity contribution in [3.8, 4) is 0 Å². The fourth-order valence-corrected chi connectivity index (χ4v) is 1.65. The lowest BCUT2D eigenvalue weighted by atomic mass is 9.64. The molecule has 1 saturated carbocycles. The third-order valence-electron chi connectivity index (χ3n) is 3.13. The molecule has 80 valence electrons. The number of nitrogens with one attached hydrogen (secondary N) is 1. The molecule has 0 aliphatic heterocycles. The number of carbonyl (C=O) groups excluding carboxylic acids is 1. The minimum Gasteiger partial charge on any atom is -0.392 e. The Bertz CT molecular complexity index is 235. The highest BCUT2D eigenvalue weighted by Crippen LogP contribution is 2.40. The van der Waals surface area contributed by atoms with Gasteiger partial charge in [-0.3, -0.25) is 4.79 Å². The Labute approximate surface area is 85.2 Å². The molecular formula is C11H19NO2. The quantitative estimate of drug-likeness (QED) is 0.666. The normalized spacial score (nSPS) is 29.1. The van der Waals surface area contributed by atoms with Crippen molar-refractivity contribution in [2.24, 2.45) is 5.41 Å². The van der Waals surface area contributed by atoms with Crippen LogP contribution in [0.3, 0.4) is 0 Å². The lowest BCUT2D eigenvalue weighted by Gasteiger charge is -2.49. The minimum atomic E-state index is -0.285. The van der Waals surface area contributed by atoms with Crippen molar-refractivity contribution >= 4 is 5.91 Å². The molecule has 2 unspecified atom stereocenters. The van der Waals surface area contributed by atoms with E-state index in [9.17, 15) is 9.90 Å². The van der Waals surface area contributed by atoms with Gasteiger partial charge in [-0.25, -0.2) is 0 Å². The molecule has 0 saturated heterocycles. The monoisotopic (exact) mass is 197 g/mol. The Hall–Kier alpha value is -0.830. The van der Waals surface area contributed by atoms with Crippen LogP contribution in [0.25, 0.3) is 0 Å². The average Bonchev–Trinajstić information content (AvgIpc) is 2.14. The van der Waals surface area contributed by atoms with E-state index in [1.165, 1.54) is 0 Å². The van der Waals surface area contributed by atoms with Gasteiger partial charge in [0.1, 0.15) is 0 Å². The Morgan fingerprint density at radius 3 is 2.79 bits per heavy atom. The zero-order chi connectivity index (χ0) is 10.8. The summed E-state index contributed by atoms with van der Waals surface area (Å²) in [6, 6.07) is 0.120. The van der Waals surface area contributed by atoms with Gasteiger partial charge in [0.2, 0.25) is 5.91 Å². The Balaban J connectivity index is 2.32.